The average Bonchev–Trinajstić information content (AvgIpc) is 3.80. The molecular formula is C32H15Br5N8O3S. The Hall–Kier alpha value is -3.45. The van der Waals surface area contributed by atoms with E-state index >= 15 is 0 Å². The standard InChI is InChI=1S/C32H15Br5N8O3S/c33-16-10-9-15-17(20(16)34)30-43-29(15)41-27-12-6-2-1-5-11(12)25(39-27)38-26-13-7-3-4-8-14(13)28(40-26)42-32-19-18(31(44-30)45-32)21(35)22(36)23(37)24(19)49(46,47)48/h1-10H,(H,46,47,48)(H4,38,39,40,41,42,43,44,45). The van der Waals surface area contributed by atoms with Crippen molar-refractivity contribution in [1.82, 2.24) is 19.9 Å². The van der Waals surface area contributed by atoms with Gasteiger partial charge in [0, 0.05) is 55.6 Å². The number of H-pyrrole nitrogens is 4. The zero-order valence-corrected chi connectivity index (χ0v) is 32.9. The van der Waals surface area contributed by atoms with E-state index in [1.165, 1.54) is 0 Å². The Balaban J connectivity index is 1.57. The van der Waals surface area contributed by atoms with E-state index in [-0.39, 0.29) is 26.4 Å². The zero-order chi connectivity index (χ0) is 33.9. The van der Waals surface area contributed by atoms with Gasteiger partial charge in [0.1, 0.15) is 50.1 Å². The summed E-state index contributed by atoms with van der Waals surface area (Å²) in [7, 11) is -4.79. The molecule has 0 atom stereocenters. The molecule has 8 bridgehead atoms. The van der Waals surface area contributed by atoms with Gasteiger partial charge in [-0.05, 0) is 91.8 Å². The quantitative estimate of drug-likeness (QED) is 0.0821. The Morgan fingerprint density at radius 2 is 0.959 bits per heavy atom. The molecule has 11 nitrogen and oxygen atoms in total. The molecule has 0 fully saturated rings. The molecule has 49 heavy (non-hydrogen) atoms. The van der Waals surface area contributed by atoms with Crippen LogP contribution in [0.25, 0.3) is 43.1 Å². The topological polar surface area (TPSA) is 167 Å². The van der Waals surface area contributed by atoms with Crippen molar-refractivity contribution in [3.05, 3.63) is 105 Å². The number of aromatic nitrogens is 4. The highest BCUT2D eigenvalue weighted by atomic mass is 79.9. The Kier molecular flexibility index (Phi) is 7.26. The smallest absolute Gasteiger partial charge is 0.296 e. The van der Waals surface area contributed by atoms with Crippen LogP contribution in [0.3, 0.4) is 0 Å². The third-order valence-electron chi connectivity index (χ3n) is 8.32. The van der Waals surface area contributed by atoms with Crippen LogP contribution in [0.1, 0.15) is 0 Å². The highest BCUT2D eigenvalue weighted by molar-refractivity contribution is 9.14. The summed E-state index contributed by atoms with van der Waals surface area (Å²) in [6.45, 7) is 0. The van der Waals surface area contributed by atoms with Gasteiger partial charge in [-0.3, -0.25) is 4.55 Å². The molecule has 1 aliphatic rings. The minimum absolute atomic E-state index is 0.113. The molecule has 17 heteroatoms. The lowest BCUT2D eigenvalue weighted by molar-refractivity contribution is 0.483. The van der Waals surface area contributed by atoms with Crippen LogP contribution in [0.2, 0.25) is 0 Å². The first-order chi connectivity index (χ1) is 23.5. The van der Waals surface area contributed by atoms with Crippen molar-refractivity contribution in [1.29, 1.82) is 0 Å². The molecule has 8 aromatic rings. The van der Waals surface area contributed by atoms with Crippen molar-refractivity contribution in [2.45, 2.75) is 4.90 Å². The SMILES string of the molecule is O=S(=O)(O)c1c(Br)c(Br)c(Br)c2c3[nH]c(c12)N=c1[nH]c(c2ccccc12)=Nc1[nH]c(c2ccccc12)N=c1[nH]c(c2c(Br)c(Br)ccc12)=N3. The number of nitrogens with zero attached hydrogens (tertiary/aromatic N) is 4. The Morgan fingerprint density at radius 3 is 1.57 bits per heavy atom. The molecule has 5 N–H and O–H groups in total. The van der Waals surface area contributed by atoms with E-state index in [4.69, 9.17) is 20.0 Å². The number of nitrogens with one attached hydrogen (secondary N) is 4. The number of halogens is 5. The first-order valence-corrected chi connectivity index (χ1v) is 19.7. The van der Waals surface area contributed by atoms with Gasteiger partial charge in [0.2, 0.25) is 0 Å². The molecule has 0 spiro atoms. The monoisotopic (exact) mass is 986 g/mol. The van der Waals surface area contributed by atoms with E-state index in [2.05, 4.69) is 99.6 Å². The summed E-state index contributed by atoms with van der Waals surface area (Å²) in [5.41, 5.74) is 1.90. The van der Waals surface area contributed by atoms with Crippen LogP contribution in [0.15, 0.2) is 108 Å². The van der Waals surface area contributed by atoms with E-state index in [1.54, 1.807) is 0 Å². The third kappa shape index (κ3) is 4.81. The molecule has 0 aliphatic carbocycles. The summed E-state index contributed by atoms with van der Waals surface area (Å²) >= 11 is 17.9. The Morgan fingerprint density at radius 1 is 0.469 bits per heavy atom. The number of hydrogen-bond acceptors (Lipinski definition) is 6. The normalized spacial score (nSPS) is 13.1. The van der Waals surface area contributed by atoms with E-state index < -0.39 is 10.1 Å². The molecule has 242 valence electrons. The van der Waals surface area contributed by atoms with Crippen LogP contribution in [-0.2, 0) is 10.1 Å². The second-order valence-corrected chi connectivity index (χ2v) is 16.5. The molecule has 1 aliphatic heterocycles. The number of aromatic amines is 4. The maximum Gasteiger partial charge on any atom is 0.296 e. The second kappa shape index (κ2) is 11.3. The number of rotatable bonds is 1. The van der Waals surface area contributed by atoms with Crippen molar-refractivity contribution in [3.63, 3.8) is 0 Å². The minimum Gasteiger partial charge on any atom is -0.324 e. The molecule has 0 amide bonds. The number of hydrogen-bond donors (Lipinski definition) is 5. The van der Waals surface area contributed by atoms with Gasteiger partial charge in [0.25, 0.3) is 10.1 Å². The van der Waals surface area contributed by atoms with E-state index in [0.717, 1.165) is 41.3 Å². The lowest BCUT2D eigenvalue weighted by Crippen LogP contribution is -2.10. The van der Waals surface area contributed by atoms with Crippen LogP contribution >= 0.6 is 79.6 Å². The molecule has 4 aromatic carbocycles. The van der Waals surface area contributed by atoms with Gasteiger partial charge in [-0.2, -0.15) is 8.42 Å². The predicted octanol–water partition coefficient (Wildman–Crippen LogP) is 8.79. The van der Waals surface area contributed by atoms with Crippen LogP contribution in [-0.4, -0.2) is 32.9 Å². The Labute approximate surface area is 316 Å². The van der Waals surface area contributed by atoms with Crippen LogP contribution < -0.4 is 22.0 Å². The summed E-state index contributed by atoms with van der Waals surface area (Å²) in [6, 6.07) is 19.3. The fourth-order valence-corrected chi connectivity index (χ4v) is 10.3. The molecular weight excluding hydrogens is 976 g/mol. The first kappa shape index (κ1) is 31.5. The van der Waals surface area contributed by atoms with Gasteiger partial charge in [-0.15, -0.1) is 0 Å². The lowest BCUT2D eigenvalue weighted by Gasteiger charge is -2.09. The summed E-state index contributed by atoms with van der Waals surface area (Å²) in [4.78, 5) is 33.1. The first-order valence-electron chi connectivity index (χ1n) is 14.3. The van der Waals surface area contributed by atoms with Gasteiger partial charge >= 0.3 is 0 Å². The van der Waals surface area contributed by atoms with E-state index in [0.29, 0.717) is 47.9 Å². The van der Waals surface area contributed by atoms with Crippen molar-refractivity contribution >= 4 is 156 Å². The largest absolute Gasteiger partial charge is 0.324 e. The maximum atomic E-state index is 13.0. The summed E-state index contributed by atoms with van der Waals surface area (Å²) in [5, 5.41) is 5.25. The molecule has 5 heterocycles. The van der Waals surface area contributed by atoms with Crippen LogP contribution in [0.5, 0.6) is 0 Å². The van der Waals surface area contributed by atoms with Gasteiger partial charge in [-0.25, -0.2) is 20.0 Å². The molecule has 0 radical (unpaired) electrons. The van der Waals surface area contributed by atoms with Crippen molar-refractivity contribution in [2.24, 2.45) is 20.0 Å². The molecule has 4 aromatic heterocycles. The molecule has 0 saturated carbocycles. The average molecular weight is 991 g/mol. The zero-order valence-electron chi connectivity index (χ0n) is 24.1. The van der Waals surface area contributed by atoms with Gasteiger partial charge < -0.3 is 19.9 Å². The summed E-state index contributed by atoms with van der Waals surface area (Å²) in [6.07, 6.45) is 0. The third-order valence-corrected chi connectivity index (χ3v) is 15.0. The fourth-order valence-electron chi connectivity index (χ4n) is 6.21. The maximum absolute atomic E-state index is 13.0. The predicted molar refractivity (Wildman–Crippen MR) is 205 cm³/mol. The van der Waals surface area contributed by atoms with Crippen LogP contribution in [0, 0.1) is 0 Å². The Bertz CT molecular complexity index is 3160. The van der Waals surface area contributed by atoms with Gasteiger partial charge in [0.15, 0.2) is 0 Å². The molecule has 0 saturated heterocycles. The highest BCUT2D eigenvalue weighted by Crippen LogP contribution is 2.49. The van der Waals surface area contributed by atoms with Crippen molar-refractivity contribution < 1.29 is 13.0 Å². The summed E-state index contributed by atoms with van der Waals surface area (Å²) in [5.74, 6) is 1.58. The van der Waals surface area contributed by atoms with Crippen LogP contribution in [0.4, 0.5) is 23.3 Å². The van der Waals surface area contributed by atoms with Crippen molar-refractivity contribution in [2.75, 3.05) is 0 Å². The van der Waals surface area contributed by atoms with E-state index in [9.17, 15) is 13.0 Å². The van der Waals surface area contributed by atoms with E-state index in [1.807, 2.05) is 60.7 Å². The van der Waals surface area contributed by atoms with Crippen molar-refractivity contribution in [3.8, 4) is 0 Å². The minimum atomic E-state index is -4.79. The highest BCUT2D eigenvalue weighted by Gasteiger charge is 2.29. The van der Waals surface area contributed by atoms with Gasteiger partial charge in [-0.1, -0.05) is 48.5 Å². The lowest BCUT2D eigenvalue weighted by atomic mass is 10.2. The molecule has 0 unspecified atom stereocenters. The summed E-state index contributed by atoms with van der Waals surface area (Å²) < 4.78 is 39.1. The molecule has 9 rings (SSSR count). The second-order valence-electron chi connectivity index (χ2n) is 11.1. The fraction of sp³-hybridized carbons (Fsp3) is 0. The number of benzene rings is 4. The van der Waals surface area contributed by atoms with Gasteiger partial charge in [0.05, 0.1) is 9.86 Å². The number of fused-ring (bicyclic) bond motifs is 20.